The maximum atomic E-state index is 12.1. The minimum absolute atomic E-state index is 0.350. The number of esters is 1. The van der Waals surface area contributed by atoms with Crippen molar-refractivity contribution in [3.05, 3.63) is 0 Å². The second kappa shape index (κ2) is 4.74. The standard InChI is InChI=1S/C12H20O5/c1-6-8(10(14)15-11(3,4)5)9(13)12(7-2)16-17-12/h8H,6-7H2,1-5H3. The van der Waals surface area contributed by atoms with Crippen molar-refractivity contribution in [3.63, 3.8) is 0 Å². The number of ether oxygens (including phenoxy) is 1. The summed E-state index contributed by atoms with van der Waals surface area (Å²) >= 11 is 0. The monoisotopic (exact) mass is 244 g/mol. The summed E-state index contributed by atoms with van der Waals surface area (Å²) in [4.78, 5) is 33.4. The Balaban J connectivity index is 2.72. The summed E-state index contributed by atoms with van der Waals surface area (Å²) < 4.78 is 5.21. The van der Waals surface area contributed by atoms with E-state index >= 15 is 0 Å². The van der Waals surface area contributed by atoms with Gasteiger partial charge in [-0.3, -0.25) is 9.59 Å². The van der Waals surface area contributed by atoms with E-state index in [1.807, 2.05) is 0 Å². The molecule has 98 valence electrons. The van der Waals surface area contributed by atoms with Crippen molar-refractivity contribution < 1.29 is 24.1 Å². The van der Waals surface area contributed by atoms with Crippen LogP contribution in [0.4, 0.5) is 0 Å². The predicted molar refractivity (Wildman–Crippen MR) is 59.8 cm³/mol. The van der Waals surface area contributed by atoms with Crippen LogP contribution in [0.3, 0.4) is 0 Å². The molecule has 1 rings (SSSR count). The lowest BCUT2D eigenvalue weighted by Crippen LogP contribution is -2.38. The molecule has 1 unspecified atom stereocenters. The third kappa shape index (κ3) is 3.26. The Morgan fingerprint density at radius 2 is 1.76 bits per heavy atom. The summed E-state index contributed by atoms with van der Waals surface area (Å²) in [5, 5.41) is 0. The van der Waals surface area contributed by atoms with Crippen LogP contribution in [-0.2, 0) is 24.1 Å². The Hall–Kier alpha value is -0.940. The highest BCUT2D eigenvalue weighted by atomic mass is 17.4. The largest absolute Gasteiger partial charge is 0.459 e. The minimum atomic E-state index is -1.21. The summed E-state index contributed by atoms with van der Waals surface area (Å²) in [5.41, 5.74) is -0.602. The number of rotatable bonds is 5. The third-order valence-corrected chi connectivity index (χ3v) is 2.54. The van der Waals surface area contributed by atoms with Gasteiger partial charge in [0.25, 0.3) is 5.79 Å². The molecular formula is C12H20O5. The Labute approximate surface area is 101 Å². The first-order valence-electron chi connectivity index (χ1n) is 5.89. The van der Waals surface area contributed by atoms with E-state index in [-0.39, 0.29) is 5.78 Å². The van der Waals surface area contributed by atoms with Crippen molar-refractivity contribution >= 4 is 11.8 Å². The van der Waals surface area contributed by atoms with Crippen LogP contribution in [0.2, 0.25) is 0 Å². The number of Topliss-reactive ketones (excluding diaryl/α,β-unsaturated/α-hetero) is 1. The fourth-order valence-electron chi connectivity index (χ4n) is 1.52. The summed E-state index contributed by atoms with van der Waals surface area (Å²) in [7, 11) is 0. The molecule has 0 aliphatic carbocycles. The molecule has 0 spiro atoms. The number of hydrogen-bond donors (Lipinski definition) is 0. The van der Waals surface area contributed by atoms with Gasteiger partial charge in [-0.2, -0.15) is 9.78 Å². The molecule has 17 heavy (non-hydrogen) atoms. The molecule has 1 fully saturated rings. The lowest BCUT2D eigenvalue weighted by atomic mass is 9.94. The van der Waals surface area contributed by atoms with E-state index in [0.29, 0.717) is 12.8 Å². The lowest BCUT2D eigenvalue weighted by molar-refractivity contribution is -0.163. The zero-order chi connectivity index (χ0) is 13.3. The van der Waals surface area contributed by atoms with Crippen LogP contribution in [0, 0.1) is 5.92 Å². The van der Waals surface area contributed by atoms with Gasteiger partial charge in [-0.05, 0) is 27.2 Å². The molecule has 1 atom stereocenters. The number of carbonyl (C=O) groups excluding carboxylic acids is 2. The smallest absolute Gasteiger partial charge is 0.317 e. The van der Waals surface area contributed by atoms with Gasteiger partial charge in [0.2, 0.25) is 5.78 Å². The molecule has 0 aromatic carbocycles. The van der Waals surface area contributed by atoms with Crippen LogP contribution < -0.4 is 0 Å². The molecule has 0 bridgehead atoms. The van der Waals surface area contributed by atoms with Crippen molar-refractivity contribution in [3.8, 4) is 0 Å². The molecule has 1 saturated heterocycles. The van der Waals surface area contributed by atoms with Gasteiger partial charge in [-0.1, -0.05) is 13.8 Å². The maximum Gasteiger partial charge on any atom is 0.317 e. The minimum Gasteiger partial charge on any atom is -0.459 e. The Morgan fingerprint density at radius 3 is 2.06 bits per heavy atom. The van der Waals surface area contributed by atoms with Crippen LogP contribution in [0.15, 0.2) is 0 Å². The second-order valence-corrected chi connectivity index (χ2v) is 5.13. The van der Waals surface area contributed by atoms with E-state index < -0.39 is 23.3 Å². The Kier molecular flexibility index (Phi) is 3.94. The average Bonchev–Trinajstić information content (AvgIpc) is 2.96. The summed E-state index contributed by atoms with van der Waals surface area (Å²) in [5.74, 6) is -2.90. The molecule has 0 aromatic rings. The van der Waals surface area contributed by atoms with Gasteiger partial charge in [0, 0.05) is 6.42 Å². The highest BCUT2D eigenvalue weighted by Gasteiger charge is 2.58. The predicted octanol–water partition coefficient (Wildman–Crippen LogP) is 1.99. The molecule has 1 heterocycles. The summed E-state index contributed by atoms with van der Waals surface area (Å²) in [6.45, 7) is 8.83. The van der Waals surface area contributed by atoms with E-state index in [1.54, 1.807) is 34.6 Å². The van der Waals surface area contributed by atoms with Crippen LogP contribution in [0.5, 0.6) is 0 Å². The highest BCUT2D eigenvalue weighted by Crippen LogP contribution is 2.37. The van der Waals surface area contributed by atoms with Crippen LogP contribution in [-0.4, -0.2) is 23.1 Å². The van der Waals surface area contributed by atoms with Gasteiger partial charge >= 0.3 is 5.97 Å². The topological polar surface area (TPSA) is 68.4 Å². The number of ketones is 1. The SMILES string of the molecule is CCC(C(=O)OC(C)(C)C)C(=O)C1(CC)OO1. The number of carbonyl (C=O) groups is 2. The average molecular weight is 244 g/mol. The Morgan fingerprint density at radius 1 is 1.24 bits per heavy atom. The first kappa shape index (κ1) is 14.1. The van der Waals surface area contributed by atoms with Gasteiger partial charge < -0.3 is 4.74 Å². The first-order chi connectivity index (χ1) is 7.75. The fraction of sp³-hybridized carbons (Fsp3) is 0.833. The molecule has 0 saturated carbocycles. The van der Waals surface area contributed by atoms with Crippen molar-refractivity contribution in [1.82, 2.24) is 0 Å². The molecule has 0 aromatic heterocycles. The van der Waals surface area contributed by atoms with Crippen LogP contribution >= 0.6 is 0 Å². The zero-order valence-corrected chi connectivity index (χ0v) is 11.0. The van der Waals surface area contributed by atoms with Crippen LogP contribution in [0.1, 0.15) is 47.5 Å². The fourth-order valence-corrected chi connectivity index (χ4v) is 1.52. The molecule has 0 radical (unpaired) electrons. The van der Waals surface area contributed by atoms with Gasteiger partial charge in [0.15, 0.2) is 0 Å². The summed E-state index contributed by atoms with van der Waals surface area (Å²) in [6, 6.07) is 0. The quantitative estimate of drug-likeness (QED) is 0.320. The first-order valence-corrected chi connectivity index (χ1v) is 5.89. The van der Waals surface area contributed by atoms with E-state index in [9.17, 15) is 9.59 Å². The maximum absolute atomic E-state index is 12.1. The second-order valence-electron chi connectivity index (χ2n) is 5.13. The molecule has 0 N–H and O–H groups in total. The lowest BCUT2D eigenvalue weighted by Gasteiger charge is -2.23. The van der Waals surface area contributed by atoms with Crippen molar-refractivity contribution in [2.24, 2.45) is 5.92 Å². The molecule has 1 aliphatic rings. The highest BCUT2D eigenvalue weighted by molar-refractivity contribution is 6.03. The molecule has 5 nitrogen and oxygen atoms in total. The van der Waals surface area contributed by atoms with Gasteiger partial charge in [-0.15, -0.1) is 0 Å². The van der Waals surface area contributed by atoms with Gasteiger partial charge in [0.1, 0.15) is 11.5 Å². The van der Waals surface area contributed by atoms with E-state index in [2.05, 4.69) is 0 Å². The normalized spacial score (nSPS) is 19.6. The number of hydrogen-bond acceptors (Lipinski definition) is 5. The summed E-state index contributed by atoms with van der Waals surface area (Å²) in [6.07, 6.45) is 0.771. The molecular weight excluding hydrogens is 224 g/mol. The van der Waals surface area contributed by atoms with Crippen LogP contribution in [0.25, 0.3) is 0 Å². The van der Waals surface area contributed by atoms with Crippen molar-refractivity contribution in [1.29, 1.82) is 0 Å². The molecule has 1 aliphatic heterocycles. The Bertz CT molecular complexity index is 311. The third-order valence-electron chi connectivity index (χ3n) is 2.54. The van der Waals surface area contributed by atoms with E-state index in [4.69, 9.17) is 14.5 Å². The van der Waals surface area contributed by atoms with Crippen molar-refractivity contribution in [2.45, 2.75) is 58.8 Å². The van der Waals surface area contributed by atoms with Gasteiger partial charge in [0.05, 0.1) is 0 Å². The van der Waals surface area contributed by atoms with E-state index in [0.717, 1.165) is 0 Å². The molecule has 0 amide bonds. The van der Waals surface area contributed by atoms with Crippen molar-refractivity contribution in [2.75, 3.05) is 0 Å². The van der Waals surface area contributed by atoms with E-state index in [1.165, 1.54) is 0 Å². The molecule has 5 heteroatoms. The van der Waals surface area contributed by atoms with Gasteiger partial charge in [-0.25, -0.2) is 0 Å². The zero-order valence-electron chi connectivity index (χ0n) is 11.0.